The molecule has 9 nitrogen and oxygen atoms in total. The minimum absolute atomic E-state index is 0.0280. The van der Waals surface area contributed by atoms with Crippen LogP contribution < -0.4 is 10.6 Å². The normalized spacial score (nSPS) is 26.7. The molecule has 2 aromatic carbocycles. The monoisotopic (exact) mass is 625 g/mol. The number of hydrogen-bond acceptors (Lipinski definition) is 7. The Morgan fingerprint density at radius 1 is 1.06 bits per heavy atom. The largest absolute Gasteiger partial charge is 0.444 e. The van der Waals surface area contributed by atoms with Gasteiger partial charge in [-0.3, -0.25) is 20.5 Å². The summed E-state index contributed by atoms with van der Waals surface area (Å²) in [6.45, 7) is 10.5. The smallest absolute Gasteiger partial charge is 0.411 e. The van der Waals surface area contributed by atoms with Crippen LogP contribution in [0.25, 0.3) is 33.3 Å². The van der Waals surface area contributed by atoms with Crippen molar-refractivity contribution in [2.24, 2.45) is 10.9 Å². The Morgan fingerprint density at radius 3 is 2.62 bits per heavy atom. The molecule has 238 valence electrons. The Hall–Kier alpha value is -4.78. The number of aromatic amines is 1. The van der Waals surface area contributed by atoms with Gasteiger partial charge in [-0.2, -0.15) is 0 Å². The summed E-state index contributed by atoms with van der Waals surface area (Å²) in [5.41, 5.74) is 7.55. The van der Waals surface area contributed by atoms with Crippen LogP contribution in [0.3, 0.4) is 0 Å². The minimum atomic E-state index is -0.566. The molecular formula is C38H39N7O2. The lowest BCUT2D eigenvalue weighted by Crippen LogP contribution is -2.43. The predicted molar refractivity (Wildman–Crippen MR) is 184 cm³/mol. The number of piperidine rings is 1. The highest BCUT2D eigenvalue weighted by molar-refractivity contribution is 6.03. The molecule has 2 aromatic heterocycles. The zero-order valence-electron chi connectivity index (χ0n) is 27.0. The molecule has 9 heteroatoms. The van der Waals surface area contributed by atoms with Crippen molar-refractivity contribution < 1.29 is 9.53 Å². The van der Waals surface area contributed by atoms with Crippen LogP contribution in [0.2, 0.25) is 0 Å². The Labute approximate surface area is 274 Å². The number of H-pyrrole nitrogens is 1. The van der Waals surface area contributed by atoms with Gasteiger partial charge < -0.3 is 9.72 Å². The van der Waals surface area contributed by atoms with Crippen LogP contribution in [0.5, 0.6) is 0 Å². The van der Waals surface area contributed by atoms with Gasteiger partial charge in [0.25, 0.3) is 0 Å². The first kappa shape index (κ1) is 29.6. The lowest BCUT2D eigenvalue weighted by Gasteiger charge is -2.29. The SMILES string of the molecule is C#CC1CCC(C2N=C(c3ccc4cc(-c5ccc(-c6cnc(C7CC8C(=C)C8N7C(=O)OC(C)(C)C)[nH]6)cc5)ccc4n3)CN2)N1. The summed E-state index contributed by atoms with van der Waals surface area (Å²) in [6.07, 6.45) is 9.98. The quantitative estimate of drug-likeness (QED) is 0.186. The molecule has 1 amide bonds. The standard InChI is InChI=1S/C38H39N7O2/c1-6-26-13-16-30(41-26)35-39-20-32(44-35)29-15-12-25-17-24(11-14-28(25)42-29)22-7-9-23(10-8-22)31-19-40-36(43-31)33-18-27-21(2)34(27)45(33)37(46)47-38(3,4)5/h1,7-12,14-15,17,19,26-27,30,33-35,39,41H,2,13,16,18,20H2,3-5H3,(H,40,43). The van der Waals surface area contributed by atoms with Crippen molar-refractivity contribution >= 4 is 22.7 Å². The summed E-state index contributed by atoms with van der Waals surface area (Å²) in [7, 11) is 0. The number of ether oxygens (including phenoxy) is 1. The van der Waals surface area contributed by atoms with E-state index in [1.54, 1.807) is 0 Å². The Balaban J connectivity index is 0.965. The van der Waals surface area contributed by atoms with Gasteiger partial charge in [0.15, 0.2) is 0 Å². The summed E-state index contributed by atoms with van der Waals surface area (Å²) in [4.78, 5) is 33.0. The minimum Gasteiger partial charge on any atom is -0.444 e. The van der Waals surface area contributed by atoms with Crippen molar-refractivity contribution in [3.8, 4) is 34.7 Å². The number of imidazole rings is 1. The van der Waals surface area contributed by atoms with Crippen molar-refractivity contribution in [1.82, 2.24) is 30.5 Å². The third kappa shape index (κ3) is 5.52. The molecule has 5 heterocycles. The maximum atomic E-state index is 13.1. The van der Waals surface area contributed by atoms with Gasteiger partial charge in [-0.15, -0.1) is 6.42 Å². The molecule has 2 saturated heterocycles. The van der Waals surface area contributed by atoms with E-state index in [1.165, 1.54) is 0 Å². The molecule has 1 aliphatic carbocycles. The molecule has 4 aromatic rings. The number of terminal acetylenes is 1. The van der Waals surface area contributed by atoms with Crippen LogP contribution in [0, 0.1) is 18.3 Å². The fourth-order valence-electron chi connectivity index (χ4n) is 7.32. The summed E-state index contributed by atoms with van der Waals surface area (Å²) in [6, 6.07) is 19.3. The van der Waals surface area contributed by atoms with E-state index in [9.17, 15) is 4.79 Å². The van der Waals surface area contributed by atoms with Crippen LogP contribution >= 0.6 is 0 Å². The van der Waals surface area contributed by atoms with E-state index in [2.05, 4.69) is 82.7 Å². The second-order valence-corrected chi connectivity index (χ2v) is 14.1. The highest BCUT2D eigenvalue weighted by Crippen LogP contribution is 2.56. The second kappa shape index (κ2) is 11.2. The van der Waals surface area contributed by atoms with Gasteiger partial charge in [-0.1, -0.05) is 48.9 Å². The maximum absolute atomic E-state index is 13.1. The number of nitrogens with one attached hydrogen (secondary N) is 3. The molecule has 3 fully saturated rings. The fourth-order valence-corrected chi connectivity index (χ4v) is 7.32. The van der Waals surface area contributed by atoms with Gasteiger partial charge in [0.05, 0.1) is 46.9 Å². The predicted octanol–water partition coefficient (Wildman–Crippen LogP) is 6.00. The highest BCUT2D eigenvalue weighted by Gasteiger charge is 2.59. The summed E-state index contributed by atoms with van der Waals surface area (Å²) in [5, 5.41) is 8.09. The number of hydrogen-bond donors (Lipinski definition) is 3. The molecule has 0 radical (unpaired) electrons. The summed E-state index contributed by atoms with van der Waals surface area (Å²) < 4.78 is 5.73. The van der Waals surface area contributed by atoms with Crippen molar-refractivity contribution in [2.75, 3.05) is 6.54 Å². The number of aliphatic imine (C=N–C) groups is 1. The van der Waals surface area contributed by atoms with E-state index in [-0.39, 0.29) is 36.4 Å². The van der Waals surface area contributed by atoms with Crippen LogP contribution in [-0.4, -0.2) is 68.1 Å². The molecule has 8 rings (SSSR count). The topological polar surface area (TPSA) is 108 Å². The third-order valence-electron chi connectivity index (χ3n) is 9.81. The number of benzene rings is 2. The number of aromatic nitrogens is 3. The molecule has 6 atom stereocenters. The van der Waals surface area contributed by atoms with E-state index in [1.807, 2.05) is 31.9 Å². The van der Waals surface area contributed by atoms with E-state index in [0.29, 0.717) is 12.5 Å². The molecule has 0 spiro atoms. The molecule has 3 N–H and O–H groups in total. The van der Waals surface area contributed by atoms with Gasteiger partial charge in [0, 0.05) is 23.9 Å². The molecule has 3 aliphatic heterocycles. The van der Waals surface area contributed by atoms with E-state index in [0.717, 1.165) is 75.4 Å². The van der Waals surface area contributed by atoms with Crippen molar-refractivity contribution in [3.63, 3.8) is 0 Å². The van der Waals surface area contributed by atoms with E-state index in [4.69, 9.17) is 26.1 Å². The second-order valence-electron chi connectivity index (χ2n) is 14.1. The highest BCUT2D eigenvalue weighted by atomic mass is 16.6. The number of amides is 1. The number of likely N-dealkylation sites (tertiary alicyclic amines) is 1. The zero-order valence-corrected chi connectivity index (χ0v) is 27.0. The Bertz CT molecular complexity index is 1960. The van der Waals surface area contributed by atoms with Crippen molar-refractivity contribution in [2.45, 2.75) is 76.0 Å². The van der Waals surface area contributed by atoms with Crippen LogP contribution in [-0.2, 0) is 4.74 Å². The lowest BCUT2D eigenvalue weighted by atomic mass is 10.0. The number of nitrogens with zero attached hydrogens (tertiary/aromatic N) is 4. The first-order chi connectivity index (χ1) is 22.6. The molecule has 47 heavy (non-hydrogen) atoms. The van der Waals surface area contributed by atoms with Crippen LogP contribution in [0.1, 0.15) is 57.6 Å². The first-order valence-corrected chi connectivity index (χ1v) is 16.4. The molecule has 1 saturated carbocycles. The van der Waals surface area contributed by atoms with Gasteiger partial charge in [0.1, 0.15) is 17.6 Å². The number of fused-ring (bicyclic) bond motifs is 2. The van der Waals surface area contributed by atoms with Crippen LogP contribution in [0.15, 0.2) is 77.9 Å². The summed E-state index contributed by atoms with van der Waals surface area (Å²) >= 11 is 0. The van der Waals surface area contributed by atoms with Gasteiger partial charge >= 0.3 is 6.09 Å². The first-order valence-electron chi connectivity index (χ1n) is 16.4. The van der Waals surface area contributed by atoms with Crippen LogP contribution in [0.4, 0.5) is 4.79 Å². The van der Waals surface area contributed by atoms with E-state index < -0.39 is 5.60 Å². The van der Waals surface area contributed by atoms with Crippen molar-refractivity contribution in [3.05, 3.63) is 84.5 Å². The Morgan fingerprint density at radius 2 is 1.85 bits per heavy atom. The summed E-state index contributed by atoms with van der Waals surface area (Å²) in [5.74, 6) is 3.90. The van der Waals surface area contributed by atoms with Gasteiger partial charge in [-0.25, -0.2) is 14.8 Å². The Kier molecular flexibility index (Phi) is 7.05. The average Bonchev–Trinajstić information content (AvgIpc) is 3.72. The number of rotatable bonds is 5. The number of carbonyl (C=O) groups excluding carboxylic acids is 1. The molecule has 6 unspecified atom stereocenters. The maximum Gasteiger partial charge on any atom is 0.411 e. The van der Waals surface area contributed by atoms with E-state index >= 15 is 0 Å². The molecular weight excluding hydrogens is 586 g/mol. The van der Waals surface area contributed by atoms with Gasteiger partial charge in [0.2, 0.25) is 0 Å². The third-order valence-corrected chi connectivity index (χ3v) is 9.81. The van der Waals surface area contributed by atoms with Crippen molar-refractivity contribution in [1.29, 1.82) is 0 Å². The molecule has 0 bridgehead atoms. The molecule has 4 aliphatic rings. The lowest BCUT2D eigenvalue weighted by molar-refractivity contribution is 0.0188. The zero-order chi connectivity index (χ0) is 32.4. The fraction of sp³-hybridized carbons (Fsp3) is 0.368. The number of carbonyl (C=O) groups is 1. The van der Waals surface area contributed by atoms with Gasteiger partial charge in [-0.05, 0) is 80.5 Å². The average molecular weight is 626 g/mol. The number of pyridine rings is 1.